The first kappa shape index (κ1) is 16.1. The van der Waals surface area contributed by atoms with Gasteiger partial charge in [0.1, 0.15) is 6.10 Å². The first-order valence-corrected chi connectivity index (χ1v) is 8.94. The van der Waals surface area contributed by atoms with E-state index in [1.54, 1.807) is 0 Å². The van der Waals surface area contributed by atoms with Gasteiger partial charge in [-0.2, -0.15) is 0 Å². The van der Waals surface area contributed by atoms with Crippen LogP contribution >= 0.6 is 0 Å². The van der Waals surface area contributed by atoms with Gasteiger partial charge in [0.15, 0.2) is 0 Å². The van der Waals surface area contributed by atoms with E-state index in [4.69, 9.17) is 4.74 Å². The number of rotatable bonds is 3. The van der Waals surface area contributed by atoms with E-state index in [1.807, 2.05) is 13.8 Å². The zero-order chi connectivity index (χ0) is 17.8. The molecule has 2 nitrogen and oxygen atoms in total. The van der Waals surface area contributed by atoms with Crippen molar-refractivity contribution in [3.05, 3.63) is 60.2 Å². The molecule has 1 aliphatic rings. The number of esters is 1. The van der Waals surface area contributed by atoms with Gasteiger partial charge in [0.2, 0.25) is 0 Å². The molecule has 1 aliphatic carbocycles. The fourth-order valence-corrected chi connectivity index (χ4v) is 3.76. The van der Waals surface area contributed by atoms with Gasteiger partial charge >= 0.3 is 5.97 Å². The Kier molecular flexibility index (Phi) is 3.44. The molecule has 4 rings (SSSR count). The third-order valence-corrected chi connectivity index (χ3v) is 6.10. The Morgan fingerprint density at radius 2 is 1.48 bits per heavy atom. The summed E-state index contributed by atoms with van der Waals surface area (Å²) in [7, 11) is 0. The van der Waals surface area contributed by atoms with E-state index >= 15 is 0 Å². The summed E-state index contributed by atoms with van der Waals surface area (Å²) in [5.41, 5.74) is 0.749. The number of ether oxygens (including phenoxy) is 1. The number of hydrogen-bond acceptors (Lipinski definition) is 2. The molecule has 2 unspecified atom stereocenters. The van der Waals surface area contributed by atoms with Crippen LogP contribution in [0.3, 0.4) is 0 Å². The topological polar surface area (TPSA) is 26.3 Å². The maximum Gasteiger partial charge on any atom is 0.312 e. The van der Waals surface area contributed by atoms with Crippen LogP contribution in [0.2, 0.25) is 0 Å². The van der Waals surface area contributed by atoms with Gasteiger partial charge in [0, 0.05) is 0 Å². The molecule has 0 amide bonds. The monoisotopic (exact) mass is 332 g/mol. The molecular weight excluding hydrogens is 308 g/mol. The number of fused-ring (bicyclic) bond motifs is 2. The second-order valence-corrected chi connectivity index (χ2v) is 8.25. The van der Waals surface area contributed by atoms with Gasteiger partial charge in [-0.25, -0.2) is 0 Å². The van der Waals surface area contributed by atoms with Gasteiger partial charge in [-0.3, -0.25) is 4.79 Å². The second kappa shape index (κ2) is 5.32. The van der Waals surface area contributed by atoms with Crippen LogP contribution < -0.4 is 0 Å². The molecule has 0 heterocycles. The van der Waals surface area contributed by atoms with Gasteiger partial charge in [-0.1, -0.05) is 50.2 Å². The highest BCUT2D eigenvalue weighted by molar-refractivity contribution is 5.98. The van der Waals surface area contributed by atoms with Crippen molar-refractivity contribution >= 4 is 27.5 Å². The van der Waals surface area contributed by atoms with Crippen LogP contribution in [0, 0.1) is 10.8 Å². The highest BCUT2D eigenvalue weighted by Crippen LogP contribution is 2.64. The third kappa shape index (κ3) is 2.60. The lowest BCUT2D eigenvalue weighted by Crippen LogP contribution is -2.22. The molecule has 0 bridgehead atoms. The molecule has 25 heavy (non-hydrogen) atoms. The lowest BCUT2D eigenvalue weighted by molar-refractivity contribution is -0.156. The first-order valence-electron chi connectivity index (χ1n) is 8.94. The van der Waals surface area contributed by atoms with Gasteiger partial charge in [-0.05, 0) is 71.0 Å². The minimum absolute atomic E-state index is 0.0477. The molecule has 1 fully saturated rings. The maximum absolute atomic E-state index is 12.5. The Morgan fingerprint density at radius 1 is 0.920 bits per heavy atom. The van der Waals surface area contributed by atoms with E-state index in [0.29, 0.717) is 0 Å². The Morgan fingerprint density at radius 3 is 2.08 bits per heavy atom. The molecule has 0 N–H and O–H groups in total. The first-order chi connectivity index (χ1) is 11.8. The van der Waals surface area contributed by atoms with E-state index in [2.05, 4.69) is 68.4 Å². The van der Waals surface area contributed by atoms with Crippen molar-refractivity contribution in [3.63, 3.8) is 0 Å². The SMILES string of the molecule is CC(OC(=O)C1(C)CC1(C)C)c1ccc2cc3ccccc3cc2c1. The molecule has 0 radical (unpaired) electrons. The molecule has 0 aromatic heterocycles. The van der Waals surface area contributed by atoms with Crippen molar-refractivity contribution in [2.75, 3.05) is 0 Å². The summed E-state index contributed by atoms with van der Waals surface area (Å²) in [5, 5.41) is 4.85. The Hall–Kier alpha value is -2.35. The summed E-state index contributed by atoms with van der Waals surface area (Å²) in [6.45, 7) is 8.22. The van der Waals surface area contributed by atoms with Crippen LogP contribution in [0.5, 0.6) is 0 Å². The van der Waals surface area contributed by atoms with Crippen LogP contribution in [0.15, 0.2) is 54.6 Å². The van der Waals surface area contributed by atoms with Gasteiger partial charge in [0.25, 0.3) is 0 Å². The van der Waals surface area contributed by atoms with Crippen LogP contribution in [0.4, 0.5) is 0 Å². The quantitative estimate of drug-likeness (QED) is 0.432. The summed E-state index contributed by atoms with van der Waals surface area (Å²) in [6.07, 6.45) is 0.659. The second-order valence-electron chi connectivity index (χ2n) is 8.25. The summed E-state index contributed by atoms with van der Waals surface area (Å²) >= 11 is 0. The van der Waals surface area contributed by atoms with E-state index in [0.717, 1.165) is 12.0 Å². The lowest BCUT2D eigenvalue weighted by Gasteiger charge is -2.19. The van der Waals surface area contributed by atoms with Crippen molar-refractivity contribution in [1.82, 2.24) is 0 Å². The summed E-state index contributed by atoms with van der Waals surface area (Å²) in [6, 6.07) is 19.1. The largest absolute Gasteiger partial charge is 0.457 e. The predicted molar refractivity (Wildman–Crippen MR) is 102 cm³/mol. The predicted octanol–water partition coefficient (Wildman–Crippen LogP) is 6.03. The number of carbonyl (C=O) groups is 1. The Bertz CT molecular complexity index is 986. The standard InChI is InChI=1S/C23H24O2/c1-15(25-21(24)23(4)14-22(23,2)3)16-9-10-19-12-17-7-5-6-8-18(17)13-20(19)11-16/h5-13,15H,14H2,1-4H3. The van der Waals surface area contributed by atoms with Gasteiger partial charge in [-0.15, -0.1) is 0 Å². The van der Waals surface area contributed by atoms with E-state index in [1.165, 1.54) is 21.5 Å². The number of carbonyl (C=O) groups excluding carboxylic acids is 1. The fraction of sp³-hybridized carbons (Fsp3) is 0.348. The van der Waals surface area contributed by atoms with Crippen LogP contribution in [0.1, 0.15) is 45.8 Å². The molecule has 3 aromatic carbocycles. The van der Waals surface area contributed by atoms with Crippen molar-refractivity contribution < 1.29 is 9.53 Å². The molecule has 0 aliphatic heterocycles. The van der Waals surface area contributed by atoms with Gasteiger partial charge in [0.05, 0.1) is 5.41 Å². The number of benzene rings is 3. The molecule has 0 spiro atoms. The molecular formula is C23H24O2. The Labute approximate surface area is 148 Å². The van der Waals surface area contributed by atoms with Crippen LogP contribution in [0.25, 0.3) is 21.5 Å². The lowest BCUT2D eigenvalue weighted by atomic mass is 9.98. The third-order valence-electron chi connectivity index (χ3n) is 6.10. The smallest absolute Gasteiger partial charge is 0.312 e. The molecule has 0 saturated heterocycles. The van der Waals surface area contributed by atoms with E-state index in [9.17, 15) is 4.79 Å². The molecule has 2 heteroatoms. The van der Waals surface area contributed by atoms with Crippen molar-refractivity contribution in [2.24, 2.45) is 10.8 Å². The summed E-state index contributed by atoms with van der Waals surface area (Å²) in [4.78, 5) is 12.5. The molecule has 1 saturated carbocycles. The zero-order valence-corrected chi connectivity index (χ0v) is 15.3. The molecule has 128 valence electrons. The average molecular weight is 332 g/mol. The van der Waals surface area contributed by atoms with Crippen molar-refractivity contribution in [3.8, 4) is 0 Å². The highest BCUT2D eigenvalue weighted by Gasteiger charge is 2.64. The summed E-state index contributed by atoms with van der Waals surface area (Å²) < 4.78 is 5.80. The van der Waals surface area contributed by atoms with Gasteiger partial charge < -0.3 is 4.74 Å². The minimum atomic E-state index is -0.339. The average Bonchev–Trinajstić information content (AvgIpc) is 3.11. The minimum Gasteiger partial charge on any atom is -0.457 e. The van der Waals surface area contributed by atoms with Crippen LogP contribution in [-0.2, 0) is 9.53 Å². The fourth-order valence-electron chi connectivity index (χ4n) is 3.76. The molecule has 3 aromatic rings. The van der Waals surface area contributed by atoms with E-state index in [-0.39, 0.29) is 22.9 Å². The van der Waals surface area contributed by atoms with E-state index < -0.39 is 0 Å². The Balaban J connectivity index is 1.62. The normalized spacial score (nSPS) is 22.7. The van der Waals surface area contributed by atoms with Crippen molar-refractivity contribution in [2.45, 2.75) is 40.2 Å². The zero-order valence-electron chi connectivity index (χ0n) is 15.3. The maximum atomic E-state index is 12.5. The highest BCUT2D eigenvalue weighted by atomic mass is 16.5. The molecule has 2 atom stereocenters. The van der Waals surface area contributed by atoms with Crippen molar-refractivity contribution in [1.29, 1.82) is 0 Å². The number of hydrogen-bond donors (Lipinski definition) is 0. The van der Waals surface area contributed by atoms with Crippen LogP contribution in [-0.4, -0.2) is 5.97 Å². The summed E-state index contributed by atoms with van der Waals surface area (Å²) in [5.74, 6) is -0.0800.